The van der Waals surface area contributed by atoms with E-state index in [1.54, 1.807) is 19.1 Å². The fraction of sp³-hybridized carbons (Fsp3) is 0.174. The average Bonchev–Trinajstić information content (AvgIpc) is 2.69. The standard InChI is InChI=1S/C23H20F3N3/c1-14-13-27-20-10-6-4-8-18(20)22(14)29-16-11-15(2)28-21(12-16)17-7-3-5-9-19(17)23(24,25)26/h3-12,27H,13H2,1-2H3,(H,28,29). The van der Waals surface area contributed by atoms with Crippen LogP contribution in [-0.2, 0) is 6.18 Å². The molecule has 2 N–H and O–H groups in total. The number of alkyl halides is 3. The van der Waals surface area contributed by atoms with Crippen LogP contribution in [0.3, 0.4) is 0 Å². The number of para-hydroxylation sites is 1. The molecule has 2 aromatic carbocycles. The lowest BCUT2D eigenvalue weighted by molar-refractivity contribution is -0.137. The molecular weight excluding hydrogens is 375 g/mol. The molecule has 0 fully saturated rings. The zero-order valence-corrected chi connectivity index (χ0v) is 16.1. The molecule has 148 valence electrons. The minimum absolute atomic E-state index is 0.0724. The molecule has 0 amide bonds. The van der Waals surface area contributed by atoms with Gasteiger partial charge in [0.1, 0.15) is 0 Å². The van der Waals surface area contributed by atoms with Crippen molar-refractivity contribution in [1.29, 1.82) is 0 Å². The maximum Gasteiger partial charge on any atom is 0.417 e. The quantitative estimate of drug-likeness (QED) is 0.543. The monoisotopic (exact) mass is 395 g/mol. The first-order valence-electron chi connectivity index (χ1n) is 9.28. The van der Waals surface area contributed by atoms with Gasteiger partial charge < -0.3 is 10.6 Å². The molecule has 2 heterocycles. The van der Waals surface area contributed by atoms with Gasteiger partial charge in [-0.05, 0) is 43.7 Å². The van der Waals surface area contributed by atoms with E-state index in [2.05, 4.69) is 15.6 Å². The number of pyridine rings is 1. The molecule has 0 saturated carbocycles. The summed E-state index contributed by atoms with van der Waals surface area (Å²) >= 11 is 0. The molecule has 1 aliphatic heterocycles. The van der Waals surface area contributed by atoms with Crippen LogP contribution < -0.4 is 10.6 Å². The van der Waals surface area contributed by atoms with Crippen molar-refractivity contribution in [1.82, 2.24) is 4.98 Å². The van der Waals surface area contributed by atoms with E-state index in [-0.39, 0.29) is 5.56 Å². The molecule has 1 aliphatic rings. The number of rotatable bonds is 3. The van der Waals surface area contributed by atoms with Gasteiger partial charge in [0, 0.05) is 40.4 Å². The first-order valence-corrected chi connectivity index (χ1v) is 9.28. The number of hydrogen-bond acceptors (Lipinski definition) is 3. The summed E-state index contributed by atoms with van der Waals surface area (Å²) < 4.78 is 40.4. The Kier molecular flexibility index (Phi) is 4.78. The van der Waals surface area contributed by atoms with Crippen LogP contribution in [0.25, 0.3) is 17.0 Å². The first kappa shape index (κ1) is 19.1. The van der Waals surface area contributed by atoms with E-state index in [1.807, 2.05) is 37.3 Å². The van der Waals surface area contributed by atoms with Crippen molar-refractivity contribution in [2.75, 3.05) is 17.2 Å². The van der Waals surface area contributed by atoms with Crippen LogP contribution in [-0.4, -0.2) is 11.5 Å². The number of anilines is 2. The van der Waals surface area contributed by atoms with Gasteiger partial charge in [-0.25, -0.2) is 0 Å². The third-order valence-corrected chi connectivity index (χ3v) is 4.90. The van der Waals surface area contributed by atoms with Gasteiger partial charge in [0.05, 0.1) is 11.3 Å². The lowest BCUT2D eigenvalue weighted by atomic mass is 10.00. The van der Waals surface area contributed by atoms with Crippen molar-refractivity contribution in [3.8, 4) is 11.3 Å². The summed E-state index contributed by atoms with van der Waals surface area (Å²) in [5.74, 6) is 0. The van der Waals surface area contributed by atoms with Crippen molar-refractivity contribution in [2.24, 2.45) is 0 Å². The minimum Gasteiger partial charge on any atom is -0.381 e. The summed E-state index contributed by atoms with van der Waals surface area (Å²) in [5.41, 5.74) is 5.15. The summed E-state index contributed by atoms with van der Waals surface area (Å²) in [6, 6.07) is 17.0. The van der Waals surface area contributed by atoms with Gasteiger partial charge in [0.2, 0.25) is 0 Å². The molecule has 0 saturated heterocycles. The predicted octanol–water partition coefficient (Wildman–Crippen LogP) is 6.34. The van der Waals surface area contributed by atoms with Crippen LogP contribution in [0.2, 0.25) is 0 Å². The third kappa shape index (κ3) is 3.83. The molecule has 4 rings (SSSR count). The van der Waals surface area contributed by atoms with Gasteiger partial charge in [-0.15, -0.1) is 0 Å². The largest absolute Gasteiger partial charge is 0.417 e. The molecule has 0 spiro atoms. The molecule has 0 unspecified atom stereocenters. The van der Waals surface area contributed by atoms with Crippen LogP contribution in [0.1, 0.15) is 23.7 Å². The highest BCUT2D eigenvalue weighted by molar-refractivity contribution is 5.88. The summed E-state index contributed by atoms with van der Waals surface area (Å²) in [4.78, 5) is 4.37. The fourth-order valence-corrected chi connectivity index (χ4v) is 3.55. The molecule has 3 nitrogen and oxygen atoms in total. The number of hydrogen-bond donors (Lipinski definition) is 2. The molecule has 3 aromatic rings. The van der Waals surface area contributed by atoms with E-state index < -0.39 is 11.7 Å². The first-order chi connectivity index (χ1) is 13.8. The maximum absolute atomic E-state index is 13.5. The summed E-state index contributed by atoms with van der Waals surface area (Å²) in [7, 11) is 0. The van der Waals surface area contributed by atoms with Crippen molar-refractivity contribution >= 4 is 17.1 Å². The SMILES string of the molecule is CC1=C(Nc2cc(C)nc(-c3ccccc3C(F)(F)F)c2)c2ccccc2NC1. The Balaban J connectivity index is 1.77. The average molecular weight is 395 g/mol. The van der Waals surface area contributed by atoms with Gasteiger partial charge in [-0.2, -0.15) is 13.2 Å². The van der Waals surface area contributed by atoms with Gasteiger partial charge in [0.15, 0.2) is 0 Å². The maximum atomic E-state index is 13.5. The number of aromatic nitrogens is 1. The second-order valence-corrected chi connectivity index (χ2v) is 7.11. The Morgan fingerprint density at radius 1 is 0.931 bits per heavy atom. The number of fused-ring (bicyclic) bond motifs is 1. The molecule has 1 aromatic heterocycles. The highest BCUT2D eigenvalue weighted by Crippen LogP contribution is 2.38. The Morgan fingerprint density at radius 2 is 1.62 bits per heavy atom. The van der Waals surface area contributed by atoms with Crippen LogP contribution in [0.4, 0.5) is 24.5 Å². The van der Waals surface area contributed by atoms with Crippen LogP contribution >= 0.6 is 0 Å². The van der Waals surface area contributed by atoms with Crippen molar-refractivity contribution < 1.29 is 13.2 Å². The van der Waals surface area contributed by atoms with Crippen LogP contribution in [0.5, 0.6) is 0 Å². The van der Waals surface area contributed by atoms with Crippen LogP contribution in [0.15, 0.2) is 66.2 Å². The normalized spacial score (nSPS) is 13.7. The van der Waals surface area contributed by atoms with E-state index in [1.165, 1.54) is 12.1 Å². The molecule has 0 aliphatic carbocycles. The highest BCUT2D eigenvalue weighted by Gasteiger charge is 2.33. The number of halogens is 3. The Bertz CT molecular complexity index is 1100. The summed E-state index contributed by atoms with van der Waals surface area (Å²) in [6.45, 7) is 4.51. The zero-order valence-electron chi connectivity index (χ0n) is 16.1. The highest BCUT2D eigenvalue weighted by atomic mass is 19.4. The zero-order chi connectivity index (χ0) is 20.6. The van der Waals surface area contributed by atoms with Crippen molar-refractivity contribution in [3.63, 3.8) is 0 Å². The minimum atomic E-state index is -4.44. The van der Waals surface area contributed by atoms with E-state index in [9.17, 15) is 13.2 Å². The molecule has 29 heavy (non-hydrogen) atoms. The molecule has 0 bridgehead atoms. The van der Waals surface area contributed by atoms with Gasteiger partial charge in [-0.1, -0.05) is 36.4 Å². The van der Waals surface area contributed by atoms with E-state index in [0.29, 0.717) is 23.6 Å². The molecule has 6 heteroatoms. The number of nitrogens with one attached hydrogen (secondary N) is 2. The lowest BCUT2D eigenvalue weighted by Crippen LogP contribution is -2.16. The van der Waals surface area contributed by atoms with Gasteiger partial charge in [0.25, 0.3) is 0 Å². The van der Waals surface area contributed by atoms with E-state index in [4.69, 9.17) is 0 Å². The summed E-state index contributed by atoms with van der Waals surface area (Å²) in [5, 5.41) is 6.78. The predicted molar refractivity (Wildman–Crippen MR) is 111 cm³/mol. The Labute approximate surface area is 167 Å². The third-order valence-electron chi connectivity index (χ3n) is 4.90. The number of nitrogens with zero attached hydrogens (tertiary/aromatic N) is 1. The smallest absolute Gasteiger partial charge is 0.381 e. The molecular formula is C23H20F3N3. The lowest BCUT2D eigenvalue weighted by Gasteiger charge is -2.24. The number of aryl methyl sites for hydroxylation is 1. The fourth-order valence-electron chi connectivity index (χ4n) is 3.55. The van der Waals surface area contributed by atoms with Crippen molar-refractivity contribution in [2.45, 2.75) is 20.0 Å². The topological polar surface area (TPSA) is 37.0 Å². The van der Waals surface area contributed by atoms with E-state index in [0.717, 1.165) is 28.6 Å². The van der Waals surface area contributed by atoms with Gasteiger partial charge >= 0.3 is 6.18 Å². The molecule has 0 radical (unpaired) electrons. The van der Waals surface area contributed by atoms with E-state index >= 15 is 0 Å². The Morgan fingerprint density at radius 3 is 2.38 bits per heavy atom. The van der Waals surface area contributed by atoms with Crippen LogP contribution in [0, 0.1) is 6.92 Å². The van der Waals surface area contributed by atoms with Crippen molar-refractivity contribution in [3.05, 3.63) is 83.1 Å². The second-order valence-electron chi connectivity index (χ2n) is 7.11. The molecule has 0 atom stereocenters. The number of benzene rings is 2. The Hall–Kier alpha value is -3.28. The van der Waals surface area contributed by atoms with Gasteiger partial charge in [-0.3, -0.25) is 4.98 Å². The summed E-state index contributed by atoms with van der Waals surface area (Å²) in [6.07, 6.45) is -4.44. The second kappa shape index (κ2) is 7.28.